The van der Waals surface area contributed by atoms with Gasteiger partial charge in [0.15, 0.2) is 5.78 Å². The molecule has 64 valence electrons. The summed E-state index contributed by atoms with van der Waals surface area (Å²) in [7, 11) is 0. The van der Waals surface area contributed by atoms with Crippen molar-refractivity contribution in [2.75, 3.05) is 6.54 Å². The van der Waals surface area contributed by atoms with E-state index in [1.807, 2.05) is 27.7 Å². The zero-order chi connectivity index (χ0) is 8.70. The Morgan fingerprint density at radius 2 is 1.82 bits per heavy atom. The molecule has 1 aliphatic heterocycles. The lowest BCUT2D eigenvalue weighted by Crippen LogP contribution is -2.57. The summed E-state index contributed by atoms with van der Waals surface area (Å²) < 4.78 is 0. The number of hydrogen-bond acceptors (Lipinski definition) is 2. The summed E-state index contributed by atoms with van der Waals surface area (Å²) in [4.78, 5) is 11.7. The van der Waals surface area contributed by atoms with Crippen LogP contribution in [0.4, 0.5) is 0 Å². The minimum absolute atomic E-state index is 0.130. The molecule has 1 rings (SSSR count). The van der Waals surface area contributed by atoms with Crippen molar-refractivity contribution >= 4 is 5.78 Å². The van der Waals surface area contributed by atoms with Crippen molar-refractivity contribution in [1.29, 1.82) is 0 Å². The minimum atomic E-state index is -0.318. The third-order valence-corrected chi connectivity index (χ3v) is 2.50. The monoisotopic (exact) mass is 155 g/mol. The highest BCUT2D eigenvalue weighted by Gasteiger charge is 2.41. The zero-order valence-corrected chi connectivity index (χ0v) is 7.82. The smallest absolute Gasteiger partial charge is 0.157 e. The fourth-order valence-corrected chi connectivity index (χ4v) is 1.73. The van der Waals surface area contributed by atoms with Crippen molar-refractivity contribution in [1.82, 2.24) is 5.32 Å². The molecule has 0 unspecified atom stereocenters. The Labute approximate surface area is 68.4 Å². The second-order valence-corrected chi connectivity index (χ2v) is 4.51. The van der Waals surface area contributed by atoms with E-state index in [1.165, 1.54) is 0 Å². The maximum Gasteiger partial charge on any atom is 0.157 e. The molecule has 0 bridgehead atoms. The molecule has 0 aromatic heterocycles. The molecule has 0 aliphatic carbocycles. The van der Waals surface area contributed by atoms with Crippen LogP contribution in [0.3, 0.4) is 0 Å². The first kappa shape index (κ1) is 8.72. The summed E-state index contributed by atoms with van der Waals surface area (Å²) in [5.41, 5.74) is -0.448. The normalized spacial score (nSPS) is 28.5. The largest absolute Gasteiger partial charge is 0.305 e. The predicted molar refractivity (Wildman–Crippen MR) is 45.5 cm³/mol. The van der Waals surface area contributed by atoms with Gasteiger partial charge in [-0.3, -0.25) is 4.79 Å². The summed E-state index contributed by atoms with van der Waals surface area (Å²) in [5.74, 6) is 0.330. The number of ketones is 1. The second kappa shape index (κ2) is 2.31. The van der Waals surface area contributed by atoms with Crippen LogP contribution in [0.15, 0.2) is 0 Å². The first-order valence-electron chi connectivity index (χ1n) is 4.16. The van der Waals surface area contributed by atoms with Crippen molar-refractivity contribution in [3.63, 3.8) is 0 Å². The van der Waals surface area contributed by atoms with Crippen molar-refractivity contribution < 1.29 is 4.79 Å². The number of nitrogens with one attached hydrogen (secondary N) is 1. The van der Waals surface area contributed by atoms with Crippen LogP contribution < -0.4 is 5.32 Å². The van der Waals surface area contributed by atoms with Crippen LogP contribution in [0.25, 0.3) is 0 Å². The van der Waals surface area contributed by atoms with Crippen molar-refractivity contribution in [3.8, 4) is 0 Å². The molecule has 0 radical (unpaired) electrons. The molecular weight excluding hydrogens is 138 g/mol. The van der Waals surface area contributed by atoms with Crippen LogP contribution in [0.5, 0.6) is 0 Å². The fourth-order valence-electron chi connectivity index (χ4n) is 1.73. The van der Waals surface area contributed by atoms with Gasteiger partial charge in [-0.2, -0.15) is 0 Å². The lowest BCUT2D eigenvalue weighted by molar-refractivity contribution is -0.135. The van der Waals surface area contributed by atoms with Crippen LogP contribution in [-0.4, -0.2) is 17.9 Å². The third kappa shape index (κ3) is 1.45. The van der Waals surface area contributed by atoms with Gasteiger partial charge in [0.1, 0.15) is 0 Å². The molecule has 1 heterocycles. The molecule has 0 spiro atoms. The molecular formula is C9H17NO. The van der Waals surface area contributed by atoms with Gasteiger partial charge in [-0.1, -0.05) is 13.8 Å². The first-order chi connectivity index (χ1) is 4.86. The highest BCUT2D eigenvalue weighted by Crippen LogP contribution is 2.30. The molecule has 0 saturated carbocycles. The number of carbonyl (C=O) groups is 1. The van der Waals surface area contributed by atoms with E-state index in [0.29, 0.717) is 5.78 Å². The molecule has 0 aromatic rings. The Kier molecular flexibility index (Phi) is 1.83. The van der Waals surface area contributed by atoms with Gasteiger partial charge < -0.3 is 5.32 Å². The van der Waals surface area contributed by atoms with Crippen molar-refractivity contribution in [2.24, 2.45) is 5.41 Å². The maximum atomic E-state index is 11.7. The second-order valence-electron chi connectivity index (χ2n) is 4.51. The van der Waals surface area contributed by atoms with Crippen LogP contribution in [0.2, 0.25) is 0 Å². The maximum absolute atomic E-state index is 11.7. The first-order valence-corrected chi connectivity index (χ1v) is 4.16. The van der Waals surface area contributed by atoms with E-state index < -0.39 is 0 Å². The zero-order valence-electron chi connectivity index (χ0n) is 7.82. The number of carbonyl (C=O) groups excluding carboxylic acids is 1. The Balaban J connectivity index is 2.85. The Hall–Kier alpha value is -0.370. The minimum Gasteiger partial charge on any atom is -0.305 e. The quantitative estimate of drug-likeness (QED) is 0.572. The summed E-state index contributed by atoms with van der Waals surface area (Å²) in [6.45, 7) is 8.91. The van der Waals surface area contributed by atoms with Gasteiger partial charge >= 0.3 is 0 Å². The van der Waals surface area contributed by atoms with Crippen LogP contribution in [0, 0.1) is 5.41 Å². The van der Waals surface area contributed by atoms with Gasteiger partial charge in [0.25, 0.3) is 0 Å². The molecule has 1 fully saturated rings. The lowest BCUT2D eigenvalue weighted by atomic mass is 9.73. The Morgan fingerprint density at radius 1 is 1.27 bits per heavy atom. The molecule has 1 N–H and O–H groups in total. The summed E-state index contributed by atoms with van der Waals surface area (Å²) in [6, 6.07) is 0. The van der Waals surface area contributed by atoms with Crippen LogP contribution in [-0.2, 0) is 4.79 Å². The molecule has 1 aliphatic rings. The van der Waals surface area contributed by atoms with E-state index in [0.717, 1.165) is 13.0 Å². The number of Topliss-reactive ketones (excluding diaryl/α,β-unsaturated/α-hetero) is 1. The predicted octanol–water partition coefficient (Wildman–Crippen LogP) is 1.35. The van der Waals surface area contributed by atoms with Crippen LogP contribution >= 0.6 is 0 Å². The summed E-state index contributed by atoms with van der Waals surface area (Å²) in [6.07, 6.45) is 0.954. The number of rotatable bonds is 0. The van der Waals surface area contributed by atoms with Gasteiger partial charge in [0.05, 0.1) is 5.54 Å². The summed E-state index contributed by atoms with van der Waals surface area (Å²) in [5, 5.41) is 3.21. The molecule has 0 amide bonds. The molecule has 11 heavy (non-hydrogen) atoms. The average molecular weight is 155 g/mol. The van der Waals surface area contributed by atoms with Crippen LogP contribution in [0.1, 0.15) is 34.1 Å². The summed E-state index contributed by atoms with van der Waals surface area (Å²) >= 11 is 0. The standard InChI is InChI=1S/C9H17NO/c1-8(2)5-6-10-9(3,4)7(8)11/h10H,5-6H2,1-4H3. The molecule has 2 nitrogen and oxygen atoms in total. The van der Waals surface area contributed by atoms with E-state index in [4.69, 9.17) is 0 Å². The third-order valence-electron chi connectivity index (χ3n) is 2.50. The number of hydrogen-bond donors (Lipinski definition) is 1. The van der Waals surface area contributed by atoms with Crippen molar-refractivity contribution in [3.05, 3.63) is 0 Å². The van der Waals surface area contributed by atoms with E-state index in [1.54, 1.807) is 0 Å². The molecule has 2 heteroatoms. The van der Waals surface area contributed by atoms with Gasteiger partial charge in [-0.05, 0) is 26.8 Å². The van der Waals surface area contributed by atoms with E-state index in [9.17, 15) is 4.79 Å². The molecule has 1 saturated heterocycles. The van der Waals surface area contributed by atoms with E-state index in [2.05, 4.69) is 5.32 Å². The highest BCUT2D eigenvalue weighted by molar-refractivity contribution is 5.92. The van der Waals surface area contributed by atoms with E-state index >= 15 is 0 Å². The lowest BCUT2D eigenvalue weighted by Gasteiger charge is -2.39. The SMILES string of the molecule is CC1(C)CCNC(C)(C)C1=O. The van der Waals surface area contributed by atoms with Gasteiger partial charge in [-0.15, -0.1) is 0 Å². The van der Waals surface area contributed by atoms with Gasteiger partial charge in [-0.25, -0.2) is 0 Å². The van der Waals surface area contributed by atoms with Crippen molar-refractivity contribution in [2.45, 2.75) is 39.7 Å². The molecule has 0 atom stereocenters. The topological polar surface area (TPSA) is 29.1 Å². The Bertz CT molecular complexity index is 164. The van der Waals surface area contributed by atoms with E-state index in [-0.39, 0.29) is 11.0 Å². The average Bonchev–Trinajstić information content (AvgIpc) is 1.82. The molecule has 0 aromatic carbocycles. The number of piperidine rings is 1. The highest BCUT2D eigenvalue weighted by atomic mass is 16.1. The fraction of sp³-hybridized carbons (Fsp3) is 0.889. The van der Waals surface area contributed by atoms with Gasteiger partial charge in [0.2, 0.25) is 0 Å². The van der Waals surface area contributed by atoms with Gasteiger partial charge in [0, 0.05) is 5.41 Å². The Morgan fingerprint density at radius 3 is 2.18 bits per heavy atom.